The third-order valence-electron chi connectivity index (χ3n) is 9.74. The lowest BCUT2D eigenvalue weighted by molar-refractivity contribution is -0.127. The number of aliphatic hydroxyl groups excluding tert-OH is 1. The highest BCUT2D eigenvalue weighted by molar-refractivity contribution is 5.79. The molecular weight excluding hydrogens is 404 g/mol. The summed E-state index contributed by atoms with van der Waals surface area (Å²) in [5, 5.41) is 8.69. The minimum Gasteiger partial charge on any atom is -0.394 e. The molecule has 1 N–H and O–H groups in total. The van der Waals surface area contributed by atoms with E-state index in [1.807, 2.05) is 6.92 Å². The standard InChI is InChI=1S/C27H44O5/c1-19(29)23-6-7-24-22-5-4-20-18-21(32-17-16-31-15-14-30-13-12-28)8-10-26(20,2)25(22)9-11-27(23,24)3/h4,21-25,28H,5-18H2,1-3H3/t21-,22-,23+,24-,25-,26-,27+/m0/s1. The van der Waals surface area contributed by atoms with Gasteiger partial charge in [-0.2, -0.15) is 0 Å². The van der Waals surface area contributed by atoms with Crippen molar-refractivity contribution >= 4 is 5.78 Å². The SMILES string of the molecule is CC(=O)[C@H]1CC[C@H]2[C@@H]3CC=C4C[C@@H](OCCOCCOCCO)CC[C@]4(C)[C@H]3CC[C@]12C. The third-order valence-corrected chi connectivity index (χ3v) is 9.74. The maximum Gasteiger partial charge on any atom is 0.133 e. The summed E-state index contributed by atoms with van der Waals surface area (Å²) in [5.41, 5.74) is 2.19. The van der Waals surface area contributed by atoms with Gasteiger partial charge in [-0.05, 0) is 86.9 Å². The molecule has 0 aromatic carbocycles. The van der Waals surface area contributed by atoms with Gasteiger partial charge in [-0.25, -0.2) is 0 Å². The van der Waals surface area contributed by atoms with Crippen LogP contribution in [0, 0.1) is 34.5 Å². The van der Waals surface area contributed by atoms with Gasteiger partial charge in [0.25, 0.3) is 0 Å². The molecule has 0 aromatic heterocycles. The number of ketones is 1. The Balaban J connectivity index is 1.30. The predicted molar refractivity (Wildman–Crippen MR) is 124 cm³/mol. The van der Waals surface area contributed by atoms with Gasteiger partial charge in [0.05, 0.1) is 45.7 Å². The van der Waals surface area contributed by atoms with E-state index in [4.69, 9.17) is 19.3 Å². The van der Waals surface area contributed by atoms with E-state index >= 15 is 0 Å². The summed E-state index contributed by atoms with van der Waals surface area (Å²) in [7, 11) is 0. The molecule has 0 saturated heterocycles. The Bertz CT molecular complexity index is 690. The van der Waals surface area contributed by atoms with E-state index in [-0.39, 0.29) is 12.0 Å². The van der Waals surface area contributed by atoms with Gasteiger partial charge in [-0.1, -0.05) is 25.5 Å². The first-order valence-electron chi connectivity index (χ1n) is 13.0. The third kappa shape index (κ3) is 4.60. The summed E-state index contributed by atoms with van der Waals surface area (Å²) in [6, 6.07) is 0. The Hall–Kier alpha value is -0.750. The monoisotopic (exact) mass is 448 g/mol. The first kappa shape index (κ1) is 24.4. The van der Waals surface area contributed by atoms with Crippen molar-refractivity contribution in [1.82, 2.24) is 0 Å². The molecule has 0 aromatic rings. The molecule has 7 atom stereocenters. The van der Waals surface area contributed by atoms with Crippen LogP contribution in [0.15, 0.2) is 11.6 Å². The summed E-state index contributed by atoms with van der Waals surface area (Å²) in [4.78, 5) is 12.3. The average molecular weight is 449 g/mol. The van der Waals surface area contributed by atoms with E-state index in [0.717, 1.165) is 37.0 Å². The van der Waals surface area contributed by atoms with Crippen LogP contribution in [0.3, 0.4) is 0 Å². The Morgan fingerprint density at radius 2 is 1.75 bits per heavy atom. The maximum absolute atomic E-state index is 12.3. The van der Waals surface area contributed by atoms with E-state index in [2.05, 4.69) is 19.9 Å². The quantitative estimate of drug-likeness (QED) is 0.392. The number of carbonyl (C=O) groups excluding carboxylic acids is 1. The fraction of sp³-hybridized carbons (Fsp3) is 0.889. The molecule has 0 spiro atoms. The predicted octanol–water partition coefficient (Wildman–Crippen LogP) is 4.57. The first-order chi connectivity index (χ1) is 15.4. The van der Waals surface area contributed by atoms with E-state index < -0.39 is 0 Å². The molecule has 0 bridgehead atoms. The van der Waals surface area contributed by atoms with Gasteiger partial charge >= 0.3 is 0 Å². The number of ether oxygens (including phenoxy) is 3. The minimum atomic E-state index is 0.0556. The molecule has 5 nitrogen and oxygen atoms in total. The normalized spacial score (nSPS) is 40.9. The molecule has 0 heterocycles. The lowest BCUT2D eigenvalue weighted by atomic mass is 9.47. The van der Waals surface area contributed by atoms with Crippen molar-refractivity contribution in [2.24, 2.45) is 34.5 Å². The van der Waals surface area contributed by atoms with E-state index in [0.29, 0.717) is 56.3 Å². The highest BCUT2D eigenvalue weighted by Crippen LogP contribution is 2.66. The van der Waals surface area contributed by atoms with Crippen molar-refractivity contribution in [3.05, 3.63) is 11.6 Å². The molecule has 32 heavy (non-hydrogen) atoms. The maximum atomic E-state index is 12.3. The van der Waals surface area contributed by atoms with Crippen LogP contribution in [0.25, 0.3) is 0 Å². The molecule has 5 heteroatoms. The zero-order chi connectivity index (χ0) is 22.8. The van der Waals surface area contributed by atoms with Gasteiger partial charge in [-0.15, -0.1) is 0 Å². The summed E-state index contributed by atoms with van der Waals surface area (Å²) in [6.45, 7) is 9.50. The number of carbonyl (C=O) groups is 1. The highest BCUT2D eigenvalue weighted by atomic mass is 16.5. The first-order valence-corrected chi connectivity index (χ1v) is 13.0. The second-order valence-corrected chi connectivity index (χ2v) is 11.2. The molecular formula is C27H44O5. The highest BCUT2D eigenvalue weighted by Gasteiger charge is 2.59. The zero-order valence-corrected chi connectivity index (χ0v) is 20.4. The Morgan fingerprint density at radius 3 is 2.50 bits per heavy atom. The Kier molecular flexibility index (Phi) is 7.81. The van der Waals surface area contributed by atoms with Gasteiger partial charge in [0.1, 0.15) is 5.78 Å². The molecule has 0 radical (unpaired) electrons. The molecule has 4 aliphatic carbocycles. The van der Waals surface area contributed by atoms with Crippen LogP contribution >= 0.6 is 0 Å². The smallest absolute Gasteiger partial charge is 0.133 e. The molecule has 4 rings (SSSR count). The number of hydrogen-bond donors (Lipinski definition) is 1. The number of hydrogen-bond acceptors (Lipinski definition) is 5. The lowest BCUT2D eigenvalue weighted by Gasteiger charge is -2.58. The van der Waals surface area contributed by atoms with Crippen molar-refractivity contribution in [2.45, 2.75) is 78.2 Å². The summed E-state index contributed by atoms with van der Waals surface area (Å²) in [6.07, 6.45) is 12.4. The van der Waals surface area contributed by atoms with Crippen LogP contribution in [-0.4, -0.2) is 56.6 Å². The van der Waals surface area contributed by atoms with Crippen molar-refractivity contribution in [1.29, 1.82) is 0 Å². The van der Waals surface area contributed by atoms with Crippen LogP contribution < -0.4 is 0 Å². The second kappa shape index (κ2) is 10.2. The molecule has 182 valence electrons. The minimum absolute atomic E-state index is 0.0556. The molecule has 0 aliphatic heterocycles. The Labute approximate surface area is 194 Å². The van der Waals surface area contributed by atoms with Crippen LogP contribution in [0.1, 0.15) is 72.1 Å². The van der Waals surface area contributed by atoms with E-state index in [1.54, 1.807) is 5.57 Å². The number of rotatable bonds is 10. The summed E-state index contributed by atoms with van der Waals surface area (Å²) < 4.78 is 17.0. The number of aliphatic hydroxyl groups is 1. The second-order valence-electron chi connectivity index (χ2n) is 11.2. The van der Waals surface area contributed by atoms with E-state index in [1.165, 1.54) is 32.1 Å². The van der Waals surface area contributed by atoms with Crippen LogP contribution in [0.5, 0.6) is 0 Å². The van der Waals surface area contributed by atoms with Gasteiger partial charge in [-0.3, -0.25) is 4.79 Å². The van der Waals surface area contributed by atoms with Crippen LogP contribution in [-0.2, 0) is 19.0 Å². The molecule has 0 unspecified atom stereocenters. The molecule has 4 aliphatic rings. The molecule has 0 amide bonds. The molecule has 3 fully saturated rings. The fourth-order valence-corrected chi connectivity index (χ4v) is 8.10. The Morgan fingerprint density at radius 1 is 1.00 bits per heavy atom. The van der Waals surface area contributed by atoms with Crippen molar-refractivity contribution < 1.29 is 24.1 Å². The average Bonchev–Trinajstić information content (AvgIpc) is 3.13. The van der Waals surface area contributed by atoms with Gasteiger partial charge < -0.3 is 19.3 Å². The lowest BCUT2D eigenvalue weighted by Crippen LogP contribution is -2.51. The van der Waals surface area contributed by atoms with Crippen molar-refractivity contribution in [2.75, 3.05) is 39.6 Å². The van der Waals surface area contributed by atoms with Crippen molar-refractivity contribution in [3.63, 3.8) is 0 Å². The van der Waals surface area contributed by atoms with Gasteiger partial charge in [0.15, 0.2) is 0 Å². The van der Waals surface area contributed by atoms with Gasteiger partial charge in [0.2, 0.25) is 0 Å². The van der Waals surface area contributed by atoms with E-state index in [9.17, 15) is 4.79 Å². The zero-order valence-electron chi connectivity index (χ0n) is 20.4. The summed E-state index contributed by atoms with van der Waals surface area (Å²) >= 11 is 0. The summed E-state index contributed by atoms with van der Waals surface area (Å²) in [5.74, 6) is 2.96. The number of Topliss-reactive ketones (excluding diaryl/α,β-unsaturated/α-hetero) is 1. The van der Waals surface area contributed by atoms with Crippen molar-refractivity contribution in [3.8, 4) is 0 Å². The van der Waals surface area contributed by atoms with Crippen LogP contribution in [0.2, 0.25) is 0 Å². The van der Waals surface area contributed by atoms with Gasteiger partial charge in [0, 0.05) is 5.92 Å². The molecule has 3 saturated carbocycles. The number of fused-ring (bicyclic) bond motifs is 5. The topological polar surface area (TPSA) is 65.0 Å². The number of allylic oxidation sites excluding steroid dienone is 1. The fourth-order valence-electron chi connectivity index (χ4n) is 8.10. The largest absolute Gasteiger partial charge is 0.394 e. The van der Waals surface area contributed by atoms with Crippen LogP contribution in [0.4, 0.5) is 0 Å².